The van der Waals surface area contributed by atoms with E-state index in [1.54, 1.807) is 6.07 Å². The second kappa shape index (κ2) is 9.09. The Labute approximate surface area is 167 Å². The first-order valence-corrected chi connectivity index (χ1v) is 10.2. The molecule has 0 amide bonds. The van der Waals surface area contributed by atoms with E-state index >= 15 is 0 Å². The molecule has 28 heavy (non-hydrogen) atoms. The van der Waals surface area contributed by atoms with Crippen molar-refractivity contribution in [2.24, 2.45) is 0 Å². The lowest BCUT2D eigenvalue weighted by Gasteiger charge is -2.21. The molecule has 0 heterocycles. The minimum atomic E-state index is -0.275. The van der Waals surface area contributed by atoms with Gasteiger partial charge in [-0.25, -0.2) is 4.39 Å². The topological polar surface area (TPSA) is 40.5 Å². The Kier molecular flexibility index (Phi) is 6.56. The van der Waals surface area contributed by atoms with Crippen molar-refractivity contribution in [1.29, 1.82) is 0 Å². The third kappa shape index (κ3) is 4.30. The summed E-state index contributed by atoms with van der Waals surface area (Å²) in [5.41, 5.74) is 7.03. The molecular weight excluding hydrogens is 351 g/mol. The fraction of sp³-hybridized carbons (Fsp3) is 0.360. The van der Waals surface area contributed by atoms with Crippen molar-refractivity contribution < 1.29 is 14.6 Å². The van der Waals surface area contributed by atoms with Crippen molar-refractivity contribution >= 4 is 5.57 Å². The number of benzene rings is 2. The Hall–Kier alpha value is -2.55. The lowest BCUT2D eigenvalue weighted by atomic mass is 9.84. The largest absolute Gasteiger partial charge is 0.512 e. The number of hydrogen-bond donors (Lipinski definition) is 2. The minimum Gasteiger partial charge on any atom is -0.512 e. The van der Waals surface area contributed by atoms with Crippen molar-refractivity contribution in [1.82, 2.24) is 0 Å². The van der Waals surface area contributed by atoms with Crippen molar-refractivity contribution in [3.63, 3.8) is 0 Å². The SMILES string of the molecule is CCCC/C(C(O)=CO)=C(/c1ccc2c(c1)CCCC2)c1ccc(F)cc1C. The number of hydrogen-bond acceptors (Lipinski definition) is 2. The lowest BCUT2D eigenvalue weighted by Crippen LogP contribution is -2.05. The van der Waals surface area contributed by atoms with Crippen LogP contribution in [0, 0.1) is 12.7 Å². The summed E-state index contributed by atoms with van der Waals surface area (Å²) in [6.45, 7) is 3.98. The molecule has 0 saturated carbocycles. The summed E-state index contributed by atoms with van der Waals surface area (Å²) in [7, 11) is 0. The Morgan fingerprint density at radius 1 is 1.07 bits per heavy atom. The van der Waals surface area contributed by atoms with Gasteiger partial charge in [0.1, 0.15) is 12.1 Å². The predicted molar refractivity (Wildman–Crippen MR) is 113 cm³/mol. The van der Waals surface area contributed by atoms with Crippen molar-refractivity contribution in [2.75, 3.05) is 0 Å². The fourth-order valence-corrected chi connectivity index (χ4v) is 4.10. The molecule has 0 saturated heterocycles. The normalized spacial score (nSPS) is 15.2. The van der Waals surface area contributed by atoms with Crippen LogP contribution >= 0.6 is 0 Å². The number of rotatable bonds is 6. The zero-order chi connectivity index (χ0) is 20.1. The van der Waals surface area contributed by atoms with Crippen LogP contribution in [-0.4, -0.2) is 10.2 Å². The van der Waals surface area contributed by atoms with Gasteiger partial charge in [-0.05, 0) is 91.0 Å². The molecule has 2 nitrogen and oxygen atoms in total. The van der Waals surface area contributed by atoms with E-state index in [-0.39, 0.29) is 11.6 Å². The van der Waals surface area contributed by atoms with E-state index in [1.165, 1.54) is 36.1 Å². The standard InChI is InChI=1S/C25H29FO2/c1-3-4-9-23(24(28)16-27)25(22-13-12-21(26)14-17(22)2)20-11-10-18-7-5-6-8-19(18)15-20/h10-16,27-28H,3-9H2,1-2H3/b24-16?,25-23+. The van der Waals surface area contributed by atoms with Crippen LogP contribution in [0.15, 0.2) is 54.0 Å². The smallest absolute Gasteiger partial charge is 0.153 e. The number of halogens is 1. The maximum Gasteiger partial charge on any atom is 0.153 e. The van der Waals surface area contributed by atoms with Gasteiger partial charge in [-0.3, -0.25) is 0 Å². The van der Waals surface area contributed by atoms with Gasteiger partial charge < -0.3 is 10.2 Å². The molecule has 1 aliphatic carbocycles. The van der Waals surface area contributed by atoms with Crippen molar-refractivity contribution in [2.45, 2.75) is 58.8 Å². The van der Waals surface area contributed by atoms with Crippen LogP contribution in [0.3, 0.4) is 0 Å². The third-order valence-electron chi connectivity index (χ3n) is 5.61. The summed E-state index contributed by atoms with van der Waals surface area (Å²) < 4.78 is 13.8. The highest BCUT2D eigenvalue weighted by Gasteiger charge is 2.19. The molecule has 0 bridgehead atoms. The van der Waals surface area contributed by atoms with Crippen molar-refractivity contribution in [3.05, 3.63) is 87.6 Å². The summed E-state index contributed by atoms with van der Waals surface area (Å²) in [5.74, 6) is -0.395. The molecule has 2 N–H and O–H groups in total. The summed E-state index contributed by atoms with van der Waals surface area (Å²) in [6, 6.07) is 11.2. The predicted octanol–water partition coefficient (Wildman–Crippen LogP) is 6.96. The molecular formula is C25H29FO2. The summed E-state index contributed by atoms with van der Waals surface area (Å²) in [6.07, 6.45) is 7.85. The first-order chi connectivity index (χ1) is 13.5. The molecule has 2 aromatic rings. The second-order valence-corrected chi connectivity index (χ2v) is 7.62. The summed E-state index contributed by atoms with van der Waals surface area (Å²) in [5, 5.41) is 20.0. The van der Waals surface area contributed by atoms with Gasteiger partial charge in [-0.1, -0.05) is 37.6 Å². The number of unbranched alkanes of at least 4 members (excludes halogenated alkanes) is 1. The monoisotopic (exact) mass is 380 g/mol. The van der Waals surface area contributed by atoms with E-state index in [4.69, 9.17) is 0 Å². The van der Waals surface area contributed by atoms with Gasteiger partial charge in [0.15, 0.2) is 5.76 Å². The van der Waals surface area contributed by atoms with Gasteiger partial charge in [0.25, 0.3) is 0 Å². The van der Waals surface area contributed by atoms with Gasteiger partial charge in [-0.2, -0.15) is 0 Å². The van der Waals surface area contributed by atoms with E-state index in [2.05, 4.69) is 25.1 Å². The molecule has 148 valence electrons. The number of aliphatic hydroxyl groups excluding tert-OH is 2. The third-order valence-corrected chi connectivity index (χ3v) is 5.61. The highest BCUT2D eigenvalue weighted by atomic mass is 19.1. The number of aryl methyl sites for hydroxylation is 3. The zero-order valence-electron chi connectivity index (χ0n) is 16.8. The number of allylic oxidation sites excluding steroid dienone is 1. The van der Waals surface area contributed by atoms with Crippen LogP contribution in [0.1, 0.15) is 66.8 Å². The van der Waals surface area contributed by atoms with Gasteiger partial charge in [0, 0.05) is 5.57 Å². The van der Waals surface area contributed by atoms with Crippen LogP contribution in [0.4, 0.5) is 4.39 Å². The van der Waals surface area contributed by atoms with E-state index < -0.39 is 0 Å². The maximum atomic E-state index is 13.8. The Bertz CT molecular complexity index is 909. The molecule has 0 spiro atoms. The average molecular weight is 381 g/mol. The zero-order valence-corrected chi connectivity index (χ0v) is 16.8. The molecule has 1 aliphatic rings. The lowest BCUT2D eigenvalue weighted by molar-refractivity contribution is 0.367. The van der Waals surface area contributed by atoms with Crippen LogP contribution in [-0.2, 0) is 12.8 Å². The minimum absolute atomic E-state index is 0.120. The number of fused-ring (bicyclic) bond motifs is 1. The highest BCUT2D eigenvalue weighted by molar-refractivity contribution is 5.85. The Morgan fingerprint density at radius 3 is 2.50 bits per heavy atom. The van der Waals surface area contributed by atoms with Crippen LogP contribution in [0.2, 0.25) is 0 Å². The number of aliphatic hydroxyl groups is 2. The van der Waals surface area contributed by atoms with Gasteiger partial charge in [0.2, 0.25) is 0 Å². The molecule has 2 aromatic carbocycles. The molecule has 0 radical (unpaired) electrons. The molecule has 3 heteroatoms. The molecule has 0 fully saturated rings. The molecule has 0 aliphatic heterocycles. The highest BCUT2D eigenvalue weighted by Crippen LogP contribution is 2.36. The quantitative estimate of drug-likeness (QED) is 0.420. The summed E-state index contributed by atoms with van der Waals surface area (Å²) in [4.78, 5) is 0. The van der Waals surface area contributed by atoms with Gasteiger partial charge in [0.05, 0.1) is 0 Å². The fourth-order valence-electron chi connectivity index (χ4n) is 4.10. The van der Waals surface area contributed by atoms with E-state index in [9.17, 15) is 14.6 Å². The average Bonchev–Trinajstić information content (AvgIpc) is 2.71. The van der Waals surface area contributed by atoms with E-state index in [0.717, 1.165) is 54.2 Å². The Morgan fingerprint density at radius 2 is 1.82 bits per heavy atom. The Balaban J connectivity index is 2.25. The van der Waals surface area contributed by atoms with Gasteiger partial charge >= 0.3 is 0 Å². The second-order valence-electron chi connectivity index (χ2n) is 7.62. The summed E-state index contributed by atoms with van der Waals surface area (Å²) >= 11 is 0. The van der Waals surface area contributed by atoms with Crippen LogP contribution < -0.4 is 0 Å². The molecule has 0 aromatic heterocycles. The van der Waals surface area contributed by atoms with Crippen LogP contribution in [0.25, 0.3) is 5.57 Å². The van der Waals surface area contributed by atoms with E-state index in [0.29, 0.717) is 12.0 Å². The van der Waals surface area contributed by atoms with Crippen LogP contribution in [0.5, 0.6) is 0 Å². The van der Waals surface area contributed by atoms with Gasteiger partial charge in [-0.15, -0.1) is 0 Å². The van der Waals surface area contributed by atoms with E-state index in [1.807, 2.05) is 6.92 Å². The van der Waals surface area contributed by atoms with Crippen molar-refractivity contribution in [3.8, 4) is 0 Å². The molecule has 0 unspecified atom stereocenters. The first-order valence-electron chi connectivity index (χ1n) is 10.2. The molecule has 0 atom stereocenters. The molecule has 3 rings (SSSR count). The maximum absolute atomic E-state index is 13.8. The first kappa shape index (κ1) is 20.2.